The number of hydrogen-bond donors (Lipinski definition) is 1. The Labute approximate surface area is 96.1 Å². The molecule has 2 N–H and O–H groups in total. The monoisotopic (exact) mass is 269 g/mol. The molecule has 1 aromatic rings. The summed E-state index contributed by atoms with van der Waals surface area (Å²) in [6.45, 7) is -1.60. The molecule has 0 saturated heterocycles. The summed E-state index contributed by atoms with van der Waals surface area (Å²) in [6.07, 6.45) is -4.55. The first-order valence-electron chi connectivity index (χ1n) is 4.43. The molecule has 0 bridgehead atoms. The molecule has 0 atom stereocenters. The third-order valence-electron chi connectivity index (χ3n) is 1.72. The van der Waals surface area contributed by atoms with E-state index in [0.29, 0.717) is 0 Å². The molecular weight excluding hydrogens is 259 g/mol. The number of halogens is 3. The summed E-state index contributed by atoms with van der Waals surface area (Å²) in [5.41, 5.74) is 5.58. The van der Waals surface area contributed by atoms with E-state index in [9.17, 15) is 21.6 Å². The zero-order chi connectivity index (χ0) is 13.1. The first-order valence-corrected chi connectivity index (χ1v) is 6.09. The largest absolute Gasteiger partial charge is 0.411 e. The molecule has 0 radical (unpaired) electrons. The maximum Gasteiger partial charge on any atom is 0.411 e. The van der Waals surface area contributed by atoms with Crippen molar-refractivity contribution >= 4 is 15.5 Å². The standard InChI is InChI=1S/C9H10F3NO3S/c10-9(11,12)5-16-6-17(14,15)8-3-1-2-7(13)4-8/h1-4H,5-6,13H2. The molecule has 0 aromatic heterocycles. The van der Waals surface area contributed by atoms with Gasteiger partial charge in [0.05, 0.1) is 4.90 Å². The zero-order valence-electron chi connectivity index (χ0n) is 8.57. The number of rotatable bonds is 4. The van der Waals surface area contributed by atoms with Crippen molar-refractivity contribution in [3.8, 4) is 0 Å². The van der Waals surface area contributed by atoms with Crippen LogP contribution in [0, 0.1) is 0 Å². The minimum absolute atomic E-state index is 0.167. The fraction of sp³-hybridized carbons (Fsp3) is 0.333. The number of alkyl halides is 3. The molecule has 0 fully saturated rings. The molecule has 96 valence electrons. The van der Waals surface area contributed by atoms with Crippen LogP contribution in [-0.4, -0.2) is 27.1 Å². The van der Waals surface area contributed by atoms with E-state index in [1.807, 2.05) is 0 Å². The lowest BCUT2D eigenvalue weighted by atomic mass is 10.3. The molecule has 0 unspecified atom stereocenters. The fourth-order valence-corrected chi connectivity index (χ4v) is 2.08. The highest BCUT2D eigenvalue weighted by molar-refractivity contribution is 7.91. The fourth-order valence-electron chi connectivity index (χ4n) is 1.04. The van der Waals surface area contributed by atoms with Crippen LogP contribution >= 0.6 is 0 Å². The van der Waals surface area contributed by atoms with Crippen molar-refractivity contribution in [2.75, 3.05) is 18.3 Å². The number of hydrogen-bond acceptors (Lipinski definition) is 4. The minimum Gasteiger partial charge on any atom is -0.399 e. The number of nitrogens with two attached hydrogens (primary N) is 1. The number of sulfone groups is 1. The third-order valence-corrected chi connectivity index (χ3v) is 3.17. The van der Waals surface area contributed by atoms with E-state index in [1.165, 1.54) is 18.2 Å². The van der Waals surface area contributed by atoms with Gasteiger partial charge in [-0.15, -0.1) is 0 Å². The highest BCUT2D eigenvalue weighted by atomic mass is 32.2. The van der Waals surface area contributed by atoms with Crippen LogP contribution in [0.4, 0.5) is 18.9 Å². The number of nitrogen functional groups attached to an aromatic ring is 1. The average molecular weight is 269 g/mol. The molecule has 0 aliphatic carbocycles. The normalized spacial score (nSPS) is 12.6. The van der Waals surface area contributed by atoms with E-state index in [0.717, 1.165) is 6.07 Å². The molecule has 1 rings (SSSR count). The van der Waals surface area contributed by atoms with Gasteiger partial charge in [0, 0.05) is 5.69 Å². The van der Waals surface area contributed by atoms with Crippen molar-refractivity contribution in [3.05, 3.63) is 24.3 Å². The van der Waals surface area contributed by atoms with E-state index >= 15 is 0 Å². The average Bonchev–Trinajstić information content (AvgIpc) is 2.15. The van der Waals surface area contributed by atoms with Gasteiger partial charge in [-0.1, -0.05) is 6.07 Å². The van der Waals surface area contributed by atoms with Gasteiger partial charge in [-0.2, -0.15) is 13.2 Å². The van der Waals surface area contributed by atoms with Crippen LogP contribution in [0.1, 0.15) is 0 Å². The molecule has 0 saturated carbocycles. The molecule has 0 aliphatic heterocycles. The van der Waals surface area contributed by atoms with Gasteiger partial charge in [-0.25, -0.2) is 8.42 Å². The predicted octanol–water partition coefficient (Wildman–Crippen LogP) is 1.58. The van der Waals surface area contributed by atoms with Crippen LogP contribution in [0.2, 0.25) is 0 Å². The third kappa shape index (κ3) is 4.61. The van der Waals surface area contributed by atoms with Gasteiger partial charge < -0.3 is 10.5 Å². The lowest BCUT2D eigenvalue weighted by Gasteiger charge is -2.08. The van der Waals surface area contributed by atoms with Gasteiger partial charge in [0.15, 0.2) is 5.94 Å². The minimum atomic E-state index is -4.55. The SMILES string of the molecule is Nc1cccc(S(=O)(=O)COCC(F)(F)F)c1. The summed E-state index contributed by atoms with van der Waals surface area (Å²) >= 11 is 0. The van der Waals surface area contributed by atoms with Gasteiger partial charge in [0.25, 0.3) is 0 Å². The Morgan fingerprint density at radius 2 is 1.94 bits per heavy atom. The maximum atomic E-state index is 11.8. The maximum absolute atomic E-state index is 11.8. The van der Waals surface area contributed by atoms with Crippen molar-refractivity contribution in [3.63, 3.8) is 0 Å². The smallest absolute Gasteiger partial charge is 0.399 e. The Kier molecular flexibility index (Phi) is 3.99. The first kappa shape index (κ1) is 13.8. The Morgan fingerprint density at radius 3 is 2.47 bits per heavy atom. The second-order valence-corrected chi connectivity index (χ2v) is 5.21. The molecule has 8 heteroatoms. The van der Waals surface area contributed by atoms with Crippen molar-refractivity contribution in [1.29, 1.82) is 0 Å². The lowest BCUT2D eigenvalue weighted by Crippen LogP contribution is -2.20. The van der Waals surface area contributed by atoms with Crippen LogP contribution in [0.25, 0.3) is 0 Å². The van der Waals surface area contributed by atoms with E-state index < -0.39 is 28.6 Å². The highest BCUT2D eigenvalue weighted by Crippen LogP contribution is 2.17. The van der Waals surface area contributed by atoms with Crippen LogP contribution in [-0.2, 0) is 14.6 Å². The number of benzene rings is 1. The summed E-state index contributed by atoms with van der Waals surface area (Å²) in [5, 5.41) is 0. The second-order valence-electron chi connectivity index (χ2n) is 3.27. The van der Waals surface area contributed by atoms with Crippen molar-refractivity contribution < 1.29 is 26.3 Å². The van der Waals surface area contributed by atoms with Gasteiger partial charge in [0.2, 0.25) is 9.84 Å². The van der Waals surface area contributed by atoms with Gasteiger partial charge in [-0.3, -0.25) is 0 Å². The molecule has 0 amide bonds. The quantitative estimate of drug-likeness (QED) is 0.842. The van der Waals surface area contributed by atoms with E-state index in [2.05, 4.69) is 4.74 Å². The van der Waals surface area contributed by atoms with E-state index in [4.69, 9.17) is 5.73 Å². The van der Waals surface area contributed by atoms with Crippen molar-refractivity contribution in [1.82, 2.24) is 0 Å². The topological polar surface area (TPSA) is 69.4 Å². The summed E-state index contributed by atoms with van der Waals surface area (Å²) in [7, 11) is -3.91. The summed E-state index contributed by atoms with van der Waals surface area (Å²) in [6, 6.07) is 5.26. The molecule has 4 nitrogen and oxygen atoms in total. The van der Waals surface area contributed by atoms with Gasteiger partial charge in [-0.05, 0) is 18.2 Å². The van der Waals surface area contributed by atoms with Crippen LogP contribution in [0.15, 0.2) is 29.2 Å². The Morgan fingerprint density at radius 1 is 1.29 bits per heavy atom. The second kappa shape index (κ2) is 4.92. The zero-order valence-corrected chi connectivity index (χ0v) is 9.38. The molecule has 0 heterocycles. The van der Waals surface area contributed by atoms with E-state index in [-0.39, 0.29) is 10.6 Å². The molecule has 0 aliphatic rings. The van der Waals surface area contributed by atoms with Crippen LogP contribution < -0.4 is 5.73 Å². The summed E-state index contributed by atoms with van der Waals surface area (Å²) in [5.74, 6) is -1.03. The first-order chi connectivity index (χ1) is 7.71. The van der Waals surface area contributed by atoms with Crippen LogP contribution in [0.3, 0.4) is 0 Å². The molecule has 0 spiro atoms. The summed E-state index contributed by atoms with van der Waals surface area (Å²) < 4.78 is 62.4. The Hall–Kier alpha value is -1.28. The number of anilines is 1. The Balaban J connectivity index is 2.70. The van der Waals surface area contributed by atoms with Crippen molar-refractivity contribution in [2.24, 2.45) is 0 Å². The molecule has 1 aromatic carbocycles. The highest BCUT2D eigenvalue weighted by Gasteiger charge is 2.28. The molecular formula is C9H10F3NO3S. The predicted molar refractivity (Wildman–Crippen MR) is 54.9 cm³/mol. The van der Waals surface area contributed by atoms with Gasteiger partial charge >= 0.3 is 6.18 Å². The number of ether oxygens (including phenoxy) is 1. The van der Waals surface area contributed by atoms with Crippen LogP contribution in [0.5, 0.6) is 0 Å². The van der Waals surface area contributed by atoms with E-state index in [1.54, 1.807) is 0 Å². The van der Waals surface area contributed by atoms with Gasteiger partial charge in [0.1, 0.15) is 6.61 Å². The Bertz CT molecular complexity index is 485. The lowest BCUT2D eigenvalue weighted by molar-refractivity contribution is -0.169. The summed E-state index contributed by atoms with van der Waals surface area (Å²) in [4.78, 5) is -0.167. The molecule has 17 heavy (non-hydrogen) atoms. The van der Waals surface area contributed by atoms with Crippen molar-refractivity contribution in [2.45, 2.75) is 11.1 Å².